The van der Waals surface area contributed by atoms with Crippen molar-refractivity contribution in [2.24, 2.45) is 5.41 Å². The Hall–Kier alpha value is -2.70. The number of hydrogen-bond acceptors (Lipinski definition) is 18. The van der Waals surface area contributed by atoms with Crippen LogP contribution in [0.25, 0.3) is 11.2 Å². The number of allylic oxidation sites excluding steroid dienone is 1. The van der Waals surface area contributed by atoms with E-state index in [1.165, 1.54) is 71.6 Å². The molecule has 3 rings (SSSR count). The number of nitrogens with one attached hydrogen (secondary N) is 2. The summed E-state index contributed by atoms with van der Waals surface area (Å²) < 4.78 is 62.4. The Bertz CT molecular complexity index is 2010. The number of unbranched alkanes of at least 4 members (excludes halogenated alkanes) is 11. The van der Waals surface area contributed by atoms with Crippen molar-refractivity contribution >= 4 is 69.1 Å². The molecular weight excluding hydrogens is 939 g/mol. The smallest absolute Gasteiger partial charge is 0.386 e. The van der Waals surface area contributed by atoms with Gasteiger partial charge in [0.1, 0.15) is 36.3 Å². The Labute approximate surface area is 381 Å². The first-order valence-electron chi connectivity index (χ1n) is 21.3. The molecule has 370 valence electrons. The van der Waals surface area contributed by atoms with Gasteiger partial charge in [0.15, 0.2) is 17.7 Å². The predicted molar refractivity (Wildman–Crippen MR) is 237 cm³/mol. The number of aliphatic hydroxyl groups excluding tert-OH is 2. The monoisotopic (exact) mass is 1000 g/mol. The lowest BCUT2D eigenvalue weighted by atomic mass is 9.87. The fourth-order valence-corrected chi connectivity index (χ4v) is 9.86. The standard InChI is InChI=1S/C37H64N7O17P3S/c1-4-5-6-7-8-9-10-11-12-13-14-15-16-17-28(46)65-21-20-39-27(45)18-19-40-35(49)32(48)37(2,3)23-58-64(55,56)61-63(53,54)57-22-26-31(60-62(50,51)52)30(47)36(59-26)44-25-43-29-33(38)41-24-42-34(29)44/h16-17,24-26,30-32,36,47-48H,4-15,18-23H2,1-3H3,(H,39,45)(H,40,49)(H,53,54)(H,55,56)(H2,38,41,42)(H2,50,51,52)/b17-16+/t26-,30-,31+,32+,36+/m1/s1. The maximum Gasteiger partial charge on any atom is 0.481 e. The Balaban J connectivity index is 1.34. The molecule has 2 aromatic rings. The van der Waals surface area contributed by atoms with Crippen LogP contribution in [0.4, 0.5) is 5.82 Å². The molecule has 2 unspecified atom stereocenters. The third-order valence-electron chi connectivity index (χ3n) is 9.97. The predicted octanol–water partition coefficient (Wildman–Crippen LogP) is 3.92. The van der Waals surface area contributed by atoms with E-state index >= 15 is 0 Å². The number of thioether (sulfide) groups is 1. The molecule has 28 heteroatoms. The number of aromatic nitrogens is 4. The van der Waals surface area contributed by atoms with E-state index in [0.717, 1.165) is 48.2 Å². The van der Waals surface area contributed by atoms with E-state index in [4.69, 9.17) is 19.5 Å². The number of carbonyl (C=O) groups excluding carboxylic acids is 3. The molecule has 0 spiro atoms. The summed E-state index contributed by atoms with van der Waals surface area (Å²) in [5.74, 6) is -1.10. The van der Waals surface area contributed by atoms with Crippen molar-refractivity contribution in [3.63, 3.8) is 0 Å². The van der Waals surface area contributed by atoms with E-state index in [0.29, 0.717) is 5.75 Å². The average Bonchev–Trinajstić information content (AvgIpc) is 3.79. The largest absolute Gasteiger partial charge is 0.481 e. The fourth-order valence-electron chi connectivity index (χ4n) is 6.44. The Morgan fingerprint density at radius 2 is 1.57 bits per heavy atom. The van der Waals surface area contributed by atoms with Crippen LogP contribution < -0.4 is 16.4 Å². The highest BCUT2D eigenvalue weighted by Crippen LogP contribution is 2.61. The minimum atomic E-state index is -5.58. The van der Waals surface area contributed by atoms with Crippen molar-refractivity contribution in [2.75, 3.05) is 37.8 Å². The summed E-state index contributed by atoms with van der Waals surface area (Å²) in [6.45, 7) is 2.74. The number of hydrogen-bond donors (Lipinski definition) is 9. The van der Waals surface area contributed by atoms with Gasteiger partial charge in [0.2, 0.25) is 16.9 Å². The zero-order valence-electron chi connectivity index (χ0n) is 36.7. The minimum absolute atomic E-state index is 0.0322. The summed E-state index contributed by atoms with van der Waals surface area (Å²) in [6.07, 6.45) is 11.1. The van der Waals surface area contributed by atoms with Crippen LogP contribution in [0.2, 0.25) is 0 Å². The second-order valence-electron chi connectivity index (χ2n) is 16.0. The van der Waals surface area contributed by atoms with Crippen molar-refractivity contribution in [1.82, 2.24) is 30.2 Å². The normalized spacial score (nSPS) is 20.4. The molecule has 10 N–H and O–H groups in total. The third-order valence-corrected chi connectivity index (χ3v) is 13.9. The maximum atomic E-state index is 12.7. The Morgan fingerprint density at radius 1 is 0.938 bits per heavy atom. The van der Waals surface area contributed by atoms with E-state index in [1.807, 2.05) is 6.08 Å². The van der Waals surface area contributed by atoms with Crippen LogP contribution in [0, 0.1) is 5.41 Å². The lowest BCUT2D eigenvalue weighted by molar-refractivity contribution is -0.137. The first kappa shape index (κ1) is 56.6. The van der Waals surface area contributed by atoms with Crippen LogP contribution in [0.15, 0.2) is 24.8 Å². The number of nitrogens with zero attached hydrogens (tertiary/aromatic N) is 4. The van der Waals surface area contributed by atoms with Crippen LogP contribution in [0.3, 0.4) is 0 Å². The van der Waals surface area contributed by atoms with Crippen LogP contribution >= 0.6 is 35.2 Å². The van der Waals surface area contributed by atoms with E-state index in [2.05, 4.69) is 41.3 Å². The number of amides is 2. The van der Waals surface area contributed by atoms with Gasteiger partial charge in [-0.2, -0.15) is 4.31 Å². The topological polar surface area (TPSA) is 364 Å². The summed E-state index contributed by atoms with van der Waals surface area (Å²) in [6, 6.07) is 0. The number of phosphoric ester groups is 3. The number of aliphatic hydroxyl groups is 2. The molecule has 0 aliphatic carbocycles. The molecule has 3 heterocycles. The first-order chi connectivity index (χ1) is 30.6. The Kier molecular flexibility index (Phi) is 23.8. The molecular formula is C37H64N7O17P3S. The maximum absolute atomic E-state index is 12.7. The molecule has 1 aliphatic heterocycles. The molecule has 1 aliphatic rings. The van der Waals surface area contributed by atoms with Gasteiger partial charge in [-0.25, -0.2) is 28.6 Å². The molecule has 0 radical (unpaired) electrons. The third kappa shape index (κ3) is 20.6. The quantitative estimate of drug-likeness (QED) is 0.0285. The lowest BCUT2D eigenvalue weighted by Crippen LogP contribution is -2.46. The lowest BCUT2D eigenvalue weighted by Gasteiger charge is -2.30. The first-order valence-corrected chi connectivity index (χ1v) is 26.8. The summed E-state index contributed by atoms with van der Waals surface area (Å²) in [7, 11) is -16.4. The molecule has 0 aromatic carbocycles. The molecule has 7 atom stereocenters. The van der Waals surface area contributed by atoms with Crippen molar-refractivity contribution in [3.05, 3.63) is 24.8 Å². The number of imidazole rings is 1. The molecule has 1 fully saturated rings. The van der Waals surface area contributed by atoms with Gasteiger partial charge in [0.05, 0.1) is 19.5 Å². The molecule has 24 nitrogen and oxygen atoms in total. The van der Waals surface area contributed by atoms with Gasteiger partial charge >= 0.3 is 23.5 Å². The SMILES string of the molecule is CCCCCCCCCCCCC/C=C/C(=O)SCCNC(=O)CCNC(=O)[C@H](O)C(C)(C)COP(=O)(O)OP(=O)(O)OC[C@H]1O[C@H](n2cnc3c(N)ncnc32)[C@H](O)[C@H]1OP(=O)(O)O. The summed E-state index contributed by atoms with van der Waals surface area (Å²) in [5, 5.41) is 26.4. The molecule has 0 bridgehead atoms. The number of nitrogen functional groups attached to an aromatic ring is 1. The zero-order valence-corrected chi connectivity index (χ0v) is 40.2. The van der Waals surface area contributed by atoms with Gasteiger partial charge < -0.3 is 50.9 Å². The van der Waals surface area contributed by atoms with E-state index in [-0.39, 0.29) is 41.6 Å². The van der Waals surface area contributed by atoms with Crippen LogP contribution in [-0.2, 0) is 50.7 Å². The number of nitrogens with two attached hydrogens (primary N) is 1. The van der Waals surface area contributed by atoms with Gasteiger partial charge in [0, 0.05) is 30.7 Å². The summed E-state index contributed by atoms with van der Waals surface area (Å²) in [4.78, 5) is 88.1. The zero-order chi connectivity index (χ0) is 48.3. The van der Waals surface area contributed by atoms with Crippen molar-refractivity contribution in [1.29, 1.82) is 0 Å². The second-order valence-corrected chi connectivity index (χ2v) is 21.3. The van der Waals surface area contributed by atoms with Crippen molar-refractivity contribution in [2.45, 2.75) is 135 Å². The molecule has 1 saturated heterocycles. The highest BCUT2D eigenvalue weighted by atomic mass is 32.2. The van der Waals surface area contributed by atoms with Gasteiger partial charge in [-0.1, -0.05) is 103 Å². The van der Waals surface area contributed by atoms with Gasteiger partial charge in [0.25, 0.3) is 0 Å². The van der Waals surface area contributed by atoms with Gasteiger partial charge in [-0.15, -0.1) is 0 Å². The molecule has 0 saturated carbocycles. The highest BCUT2D eigenvalue weighted by Gasteiger charge is 2.50. The number of carbonyl (C=O) groups is 3. The number of ether oxygens (including phenoxy) is 1. The van der Waals surface area contributed by atoms with Gasteiger partial charge in [-0.05, 0) is 18.9 Å². The molecule has 2 amide bonds. The van der Waals surface area contributed by atoms with E-state index in [9.17, 15) is 57.9 Å². The summed E-state index contributed by atoms with van der Waals surface area (Å²) >= 11 is 1.07. The number of fused-ring (bicyclic) bond motifs is 1. The number of phosphoric acid groups is 3. The summed E-state index contributed by atoms with van der Waals surface area (Å²) in [5.41, 5.74) is 4.28. The van der Waals surface area contributed by atoms with Crippen LogP contribution in [-0.4, -0.2) is 123 Å². The fraction of sp³-hybridized carbons (Fsp3) is 0.730. The van der Waals surface area contributed by atoms with E-state index in [1.54, 1.807) is 6.08 Å². The molecule has 2 aromatic heterocycles. The molecule has 65 heavy (non-hydrogen) atoms. The highest BCUT2D eigenvalue weighted by molar-refractivity contribution is 8.14. The van der Waals surface area contributed by atoms with Crippen molar-refractivity contribution in [3.8, 4) is 0 Å². The Morgan fingerprint density at radius 3 is 2.22 bits per heavy atom. The average molecular weight is 1000 g/mol. The minimum Gasteiger partial charge on any atom is -0.386 e. The van der Waals surface area contributed by atoms with E-state index < -0.39 is 84.6 Å². The number of rotatable bonds is 32. The van der Waals surface area contributed by atoms with Crippen LogP contribution in [0.5, 0.6) is 0 Å². The van der Waals surface area contributed by atoms with Gasteiger partial charge in [-0.3, -0.25) is 32.5 Å². The number of anilines is 1. The van der Waals surface area contributed by atoms with Crippen LogP contribution in [0.1, 0.15) is 110 Å². The van der Waals surface area contributed by atoms with Crippen molar-refractivity contribution < 1.29 is 80.5 Å². The second kappa shape index (κ2) is 27.3.